The second kappa shape index (κ2) is 11.7. The molecule has 0 amide bonds. The van der Waals surface area contributed by atoms with Crippen LogP contribution in [0.4, 0.5) is 5.88 Å². The van der Waals surface area contributed by atoms with Crippen molar-refractivity contribution in [2.45, 2.75) is 38.8 Å². The lowest BCUT2D eigenvalue weighted by molar-refractivity contribution is 0.306. The molecule has 1 atom stereocenters. The van der Waals surface area contributed by atoms with Gasteiger partial charge in [0.05, 0.1) is 6.04 Å². The van der Waals surface area contributed by atoms with Crippen LogP contribution in [0.1, 0.15) is 49.2 Å². The van der Waals surface area contributed by atoms with Crippen LogP contribution >= 0.6 is 11.6 Å². The predicted octanol–water partition coefficient (Wildman–Crippen LogP) is 7.46. The second-order valence-electron chi connectivity index (χ2n) is 10.4. The minimum atomic E-state index is 0.0821. The first-order chi connectivity index (χ1) is 18.2. The van der Waals surface area contributed by atoms with E-state index in [1.807, 2.05) is 62.6 Å². The highest BCUT2D eigenvalue weighted by atomic mass is 35.5. The first-order valence-corrected chi connectivity index (χ1v) is 12.9. The van der Waals surface area contributed by atoms with E-state index in [1.165, 1.54) is 11.1 Å². The van der Waals surface area contributed by atoms with Crippen LogP contribution in [0.3, 0.4) is 0 Å². The maximum absolute atomic E-state index is 9.67. The molecule has 6 nitrogen and oxygen atoms in total. The van der Waals surface area contributed by atoms with Crippen LogP contribution < -0.4 is 10.1 Å². The van der Waals surface area contributed by atoms with E-state index >= 15 is 0 Å². The molecule has 0 aliphatic heterocycles. The molecule has 38 heavy (non-hydrogen) atoms. The number of oxazole rings is 1. The van der Waals surface area contributed by atoms with Gasteiger partial charge >= 0.3 is 0 Å². The Morgan fingerprint density at radius 1 is 1.03 bits per heavy atom. The summed E-state index contributed by atoms with van der Waals surface area (Å²) in [7, 11) is 4.08. The molecule has 1 heterocycles. The number of anilines is 1. The number of benzene rings is 3. The molecule has 0 radical (unpaired) electrons. The summed E-state index contributed by atoms with van der Waals surface area (Å²) in [4.78, 5) is 6.55. The smallest absolute Gasteiger partial charge is 0.232 e. The molecular weight excluding hydrogens is 496 g/mol. The third-order valence-electron chi connectivity index (χ3n) is 6.43. The van der Waals surface area contributed by atoms with Crippen molar-refractivity contribution in [1.29, 1.82) is 5.26 Å². The molecule has 1 N–H and O–H groups in total. The first kappa shape index (κ1) is 27.3. The third-order valence-corrected chi connectivity index (χ3v) is 6.80. The molecule has 0 bridgehead atoms. The first-order valence-electron chi connectivity index (χ1n) is 12.5. The highest BCUT2D eigenvalue weighted by molar-refractivity contribution is 6.31. The number of likely N-dealkylation sites (N-methyl/N-ethyl adjacent to an activating group) is 1. The van der Waals surface area contributed by atoms with Gasteiger partial charge in [-0.2, -0.15) is 10.2 Å². The molecule has 0 aliphatic rings. The molecule has 0 spiro atoms. The third kappa shape index (κ3) is 6.55. The SMILES string of the molecule is CN(C)C(CNc1oc(-c2ccc(OCc3ccccc3Cl)cc2)nc1C#N)c1ccc(C(C)(C)C)cc1. The summed E-state index contributed by atoms with van der Waals surface area (Å²) >= 11 is 6.21. The highest BCUT2D eigenvalue weighted by Crippen LogP contribution is 2.29. The molecule has 0 aliphatic carbocycles. The van der Waals surface area contributed by atoms with Crippen LogP contribution in [0.15, 0.2) is 77.2 Å². The van der Waals surface area contributed by atoms with Gasteiger partial charge in [-0.05, 0) is 61.0 Å². The van der Waals surface area contributed by atoms with Crippen LogP contribution in [0.2, 0.25) is 5.02 Å². The number of nitriles is 1. The number of hydrogen-bond donors (Lipinski definition) is 1. The van der Waals surface area contributed by atoms with E-state index in [0.717, 1.165) is 11.1 Å². The summed E-state index contributed by atoms with van der Waals surface area (Å²) < 4.78 is 11.8. The van der Waals surface area contributed by atoms with Gasteiger partial charge in [0.15, 0.2) is 0 Å². The Bertz CT molecular complexity index is 1400. The fourth-order valence-electron chi connectivity index (χ4n) is 4.10. The van der Waals surface area contributed by atoms with Gasteiger partial charge in [-0.1, -0.05) is 74.8 Å². The van der Waals surface area contributed by atoms with Crippen molar-refractivity contribution >= 4 is 17.5 Å². The Hall–Kier alpha value is -3.79. The topological polar surface area (TPSA) is 74.3 Å². The van der Waals surface area contributed by atoms with E-state index in [-0.39, 0.29) is 17.2 Å². The summed E-state index contributed by atoms with van der Waals surface area (Å²) in [6.45, 7) is 7.55. The van der Waals surface area contributed by atoms with Crippen LogP contribution in [0, 0.1) is 11.3 Å². The maximum Gasteiger partial charge on any atom is 0.232 e. The van der Waals surface area contributed by atoms with E-state index in [4.69, 9.17) is 20.8 Å². The van der Waals surface area contributed by atoms with Crippen LogP contribution in [-0.4, -0.2) is 30.5 Å². The molecule has 7 heteroatoms. The lowest BCUT2D eigenvalue weighted by Crippen LogP contribution is -2.27. The minimum absolute atomic E-state index is 0.0821. The standard InChI is InChI=1S/C31H33ClN4O2/c1-31(2,3)24-14-10-21(11-15-24)28(36(4)5)19-34-30-27(18-33)35-29(38-30)22-12-16-25(17-13-22)37-20-23-8-6-7-9-26(23)32/h6-17,28,34H,19-20H2,1-5H3. The zero-order valence-electron chi connectivity index (χ0n) is 22.5. The summed E-state index contributed by atoms with van der Waals surface area (Å²) in [5, 5.41) is 13.6. The number of ether oxygens (including phenoxy) is 1. The van der Waals surface area contributed by atoms with Crippen molar-refractivity contribution < 1.29 is 9.15 Å². The zero-order chi connectivity index (χ0) is 27.3. The van der Waals surface area contributed by atoms with Crippen LogP contribution in [0.25, 0.3) is 11.5 Å². The molecule has 4 aromatic rings. The monoisotopic (exact) mass is 528 g/mol. The van der Waals surface area contributed by atoms with Gasteiger partial charge in [0.25, 0.3) is 0 Å². The molecule has 4 rings (SSSR count). The molecule has 3 aromatic carbocycles. The van der Waals surface area contributed by atoms with Crippen molar-refractivity contribution in [2.75, 3.05) is 26.0 Å². The summed E-state index contributed by atoms with van der Waals surface area (Å²) in [6.07, 6.45) is 0. The van der Waals surface area contributed by atoms with Crippen molar-refractivity contribution in [3.8, 4) is 23.3 Å². The van der Waals surface area contributed by atoms with E-state index in [9.17, 15) is 5.26 Å². The van der Waals surface area contributed by atoms with E-state index < -0.39 is 0 Å². The molecule has 1 aromatic heterocycles. The van der Waals surface area contributed by atoms with Gasteiger partial charge in [0.1, 0.15) is 18.4 Å². The van der Waals surface area contributed by atoms with Crippen molar-refractivity contribution in [3.05, 3.63) is 100 Å². The molecule has 0 saturated heterocycles. The number of nitrogens with zero attached hydrogens (tertiary/aromatic N) is 3. The van der Waals surface area contributed by atoms with Gasteiger partial charge in [-0.15, -0.1) is 0 Å². The fourth-order valence-corrected chi connectivity index (χ4v) is 4.29. The number of nitrogens with one attached hydrogen (secondary N) is 1. The summed E-state index contributed by atoms with van der Waals surface area (Å²) in [6, 6.07) is 25.9. The van der Waals surface area contributed by atoms with E-state index in [0.29, 0.717) is 35.7 Å². The Labute approximate surface area is 229 Å². The second-order valence-corrected chi connectivity index (χ2v) is 10.9. The maximum atomic E-state index is 9.67. The van der Waals surface area contributed by atoms with Gasteiger partial charge in [-0.3, -0.25) is 0 Å². The molecule has 0 fully saturated rings. The number of halogens is 1. The lowest BCUT2D eigenvalue weighted by Gasteiger charge is -2.26. The normalized spacial score (nSPS) is 12.3. The van der Waals surface area contributed by atoms with Gasteiger partial charge in [0.2, 0.25) is 17.5 Å². The minimum Gasteiger partial charge on any atom is -0.489 e. The van der Waals surface area contributed by atoms with Crippen molar-refractivity contribution in [2.24, 2.45) is 0 Å². The zero-order valence-corrected chi connectivity index (χ0v) is 23.2. The predicted molar refractivity (Wildman–Crippen MR) is 152 cm³/mol. The number of aromatic nitrogens is 1. The van der Waals surface area contributed by atoms with Crippen molar-refractivity contribution in [3.63, 3.8) is 0 Å². The van der Waals surface area contributed by atoms with Gasteiger partial charge < -0.3 is 19.4 Å². The number of hydrogen-bond acceptors (Lipinski definition) is 6. The van der Waals surface area contributed by atoms with E-state index in [1.54, 1.807) is 0 Å². The fraction of sp³-hybridized carbons (Fsp3) is 0.290. The molecule has 196 valence electrons. The average molecular weight is 529 g/mol. The quantitative estimate of drug-likeness (QED) is 0.243. The Kier molecular flexibility index (Phi) is 8.41. The van der Waals surface area contributed by atoms with E-state index in [2.05, 4.69) is 66.3 Å². The average Bonchev–Trinajstić information content (AvgIpc) is 3.31. The Morgan fingerprint density at radius 3 is 2.32 bits per heavy atom. The van der Waals surface area contributed by atoms with Crippen LogP contribution in [-0.2, 0) is 12.0 Å². The molecular formula is C31H33ClN4O2. The largest absolute Gasteiger partial charge is 0.489 e. The summed E-state index contributed by atoms with van der Waals surface area (Å²) in [5.74, 6) is 1.43. The van der Waals surface area contributed by atoms with Gasteiger partial charge in [-0.25, -0.2) is 0 Å². The van der Waals surface area contributed by atoms with Crippen LogP contribution in [0.5, 0.6) is 5.75 Å². The Balaban J connectivity index is 1.44. The summed E-state index contributed by atoms with van der Waals surface area (Å²) in [5.41, 5.74) is 4.46. The highest BCUT2D eigenvalue weighted by Gasteiger charge is 2.20. The molecule has 0 saturated carbocycles. The Morgan fingerprint density at radius 2 is 1.71 bits per heavy atom. The molecule has 1 unspecified atom stereocenters. The van der Waals surface area contributed by atoms with Gasteiger partial charge in [0, 0.05) is 22.7 Å². The lowest BCUT2D eigenvalue weighted by atomic mass is 9.86. The number of rotatable bonds is 9. The van der Waals surface area contributed by atoms with Crippen molar-refractivity contribution in [1.82, 2.24) is 9.88 Å².